The zero-order valence-electron chi connectivity index (χ0n) is 14.6. The van der Waals surface area contributed by atoms with Gasteiger partial charge in [0.05, 0.1) is 6.42 Å². The Morgan fingerprint density at radius 3 is 2.74 bits per heavy atom. The molecule has 140 valence electrons. The molecule has 2 aromatic heterocycles. The molecule has 0 aliphatic carbocycles. The minimum atomic E-state index is -0.484. The molecule has 0 saturated carbocycles. The van der Waals surface area contributed by atoms with Gasteiger partial charge in [0.25, 0.3) is 10.8 Å². The number of halogens is 1. The molecule has 0 spiro atoms. The van der Waals surface area contributed by atoms with Crippen LogP contribution in [0.4, 0.5) is 4.39 Å². The van der Waals surface area contributed by atoms with Gasteiger partial charge >= 0.3 is 5.69 Å². The van der Waals surface area contributed by atoms with E-state index in [9.17, 15) is 14.0 Å². The minimum Gasteiger partial charge on any atom is -0.416 e. The maximum absolute atomic E-state index is 12.9. The summed E-state index contributed by atoms with van der Waals surface area (Å²) in [6.45, 7) is 5.32. The zero-order chi connectivity index (χ0) is 19.4. The SMILES string of the molecule is C=CCn1c(=O)[nH]c(C)c(Cc2nnc(SCc3ccc(F)cc3)o2)c1=O. The van der Waals surface area contributed by atoms with Crippen LogP contribution < -0.4 is 11.2 Å². The van der Waals surface area contributed by atoms with E-state index in [1.807, 2.05) is 0 Å². The molecule has 27 heavy (non-hydrogen) atoms. The van der Waals surface area contributed by atoms with Crippen LogP contribution >= 0.6 is 11.8 Å². The number of hydrogen-bond donors (Lipinski definition) is 1. The van der Waals surface area contributed by atoms with Gasteiger partial charge in [-0.05, 0) is 24.6 Å². The first-order chi connectivity index (χ1) is 13.0. The van der Waals surface area contributed by atoms with Crippen LogP contribution in [0.5, 0.6) is 0 Å². The number of benzene rings is 1. The van der Waals surface area contributed by atoms with E-state index in [0.29, 0.717) is 22.2 Å². The van der Waals surface area contributed by atoms with Crippen molar-refractivity contribution in [3.8, 4) is 0 Å². The number of H-pyrrole nitrogens is 1. The fourth-order valence-electron chi connectivity index (χ4n) is 2.47. The average Bonchev–Trinajstić information content (AvgIpc) is 3.09. The first-order valence-electron chi connectivity index (χ1n) is 8.11. The molecule has 3 rings (SSSR count). The van der Waals surface area contributed by atoms with Gasteiger partial charge in [0, 0.05) is 23.6 Å². The Morgan fingerprint density at radius 2 is 2.04 bits per heavy atom. The molecule has 3 aromatic rings. The first kappa shape index (κ1) is 18.8. The molecule has 2 heterocycles. The van der Waals surface area contributed by atoms with E-state index in [4.69, 9.17) is 4.42 Å². The fourth-order valence-corrected chi connectivity index (χ4v) is 3.20. The van der Waals surface area contributed by atoms with E-state index in [-0.39, 0.29) is 24.7 Å². The highest BCUT2D eigenvalue weighted by atomic mass is 32.2. The molecule has 0 aliphatic rings. The molecule has 1 aromatic carbocycles. The van der Waals surface area contributed by atoms with Gasteiger partial charge in [0.15, 0.2) is 0 Å². The summed E-state index contributed by atoms with van der Waals surface area (Å²) in [5.41, 5.74) is 0.876. The Labute approximate surface area is 158 Å². The van der Waals surface area contributed by atoms with E-state index in [1.165, 1.54) is 30.0 Å². The number of aryl methyl sites for hydroxylation is 1. The Kier molecular flexibility index (Phi) is 5.70. The standard InChI is InChI=1S/C18H17FN4O3S/c1-3-8-23-16(24)14(11(2)20-17(23)25)9-15-21-22-18(26-15)27-10-12-4-6-13(19)7-5-12/h3-7H,1,8-10H2,2H3,(H,20,25). The molecule has 0 fully saturated rings. The number of allylic oxidation sites excluding steroid dienone is 1. The monoisotopic (exact) mass is 388 g/mol. The molecule has 1 N–H and O–H groups in total. The molecular formula is C18H17FN4O3S. The Bertz CT molecular complexity index is 1070. The van der Waals surface area contributed by atoms with Crippen LogP contribution in [0, 0.1) is 12.7 Å². The van der Waals surface area contributed by atoms with Gasteiger partial charge in [-0.15, -0.1) is 16.8 Å². The van der Waals surface area contributed by atoms with Crippen molar-refractivity contribution in [1.82, 2.24) is 19.7 Å². The van der Waals surface area contributed by atoms with Crippen molar-refractivity contribution in [1.29, 1.82) is 0 Å². The van der Waals surface area contributed by atoms with Crippen molar-refractivity contribution < 1.29 is 8.81 Å². The smallest absolute Gasteiger partial charge is 0.328 e. The number of hydrogen-bond acceptors (Lipinski definition) is 6. The highest BCUT2D eigenvalue weighted by molar-refractivity contribution is 7.98. The summed E-state index contributed by atoms with van der Waals surface area (Å²) in [6, 6.07) is 6.15. The number of rotatable bonds is 7. The quantitative estimate of drug-likeness (QED) is 0.494. The molecule has 0 amide bonds. The molecular weight excluding hydrogens is 371 g/mol. The molecule has 0 unspecified atom stereocenters. The highest BCUT2D eigenvalue weighted by Crippen LogP contribution is 2.22. The van der Waals surface area contributed by atoms with E-state index in [2.05, 4.69) is 21.8 Å². The second-order valence-corrected chi connectivity index (χ2v) is 6.72. The molecule has 0 aliphatic heterocycles. The van der Waals surface area contributed by atoms with Gasteiger partial charge in [-0.2, -0.15) is 0 Å². The Balaban J connectivity index is 1.75. The summed E-state index contributed by atoms with van der Waals surface area (Å²) in [5.74, 6) is 0.530. The van der Waals surface area contributed by atoms with Crippen molar-refractivity contribution in [2.45, 2.75) is 30.9 Å². The van der Waals surface area contributed by atoms with Gasteiger partial charge < -0.3 is 9.40 Å². The van der Waals surface area contributed by atoms with Crippen LogP contribution in [0.15, 0.2) is 56.1 Å². The predicted molar refractivity (Wildman–Crippen MR) is 99.3 cm³/mol. The molecule has 7 nitrogen and oxygen atoms in total. The largest absolute Gasteiger partial charge is 0.416 e. The van der Waals surface area contributed by atoms with Gasteiger partial charge in [0.1, 0.15) is 5.82 Å². The summed E-state index contributed by atoms with van der Waals surface area (Å²) in [7, 11) is 0. The molecule has 0 radical (unpaired) electrons. The van der Waals surface area contributed by atoms with Crippen LogP contribution in [0.1, 0.15) is 22.7 Å². The number of thioether (sulfide) groups is 1. The van der Waals surface area contributed by atoms with Gasteiger partial charge in [-0.1, -0.05) is 30.0 Å². The minimum absolute atomic E-state index is 0.114. The lowest BCUT2D eigenvalue weighted by molar-refractivity contribution is 0.419. The molecule has 0 saturated heterocycles. The Hall–Kier alpha value is -2.94. The average molecular weight is 388 g/mol. The molecule has 0 atom stereocenters. The van der Waals surface area contributed by atoms with Crippen LogP contribution in [-0.4, -0.2) is 19.7 Å². The van der Waals surface area contributed by atoms with Crippen molar-refractivity contribution in [2.75, 3.05) is 0 Å². The zero-order valence-corrected chi connectivity index (χ0v) is 15.4. The van der Waals surface area contributed by atoms with Crippen LogP contribution in [0.25, 0.3) is 0 Å². The van der Waals surface area contributed by atoms with E-state index in [1.54, 1.807) is 19.1 Å². The maximum Gasteiger partial charge on any atom is 0.328 e. The summed E-state index contributed by atoms with van der Waals surface area (Å²) >= 11 is 1.32. The predicted octanol–water partition coefficient (Wildman–Crippen LogP) is 2.44. The lowest BCUT2D eigenvalue weighted by atomic mass is 10.1. The van der Waals surface area contributed by atoms with Crippen LogP contribution in [-0.2, 0) is 18.7 Å². The van der Waals surface area contributed by atoms with Gasteiger partial charge in [-0.3, -0.25) is 9.36 Å². The number of nitrogens with one attached hydrogen (secondary N) is 1. The van der Waals surface area contributed by atoms with Crippen LogP contribution in [0.2, 0.25) is 0 Å². The van der Waals surface area contributed by atoms with Crippen molar-refractivity contribution in [2.24, 2.45) is 0 Å². The number of aromatic amines is 1. The number of nitrogens with zero attached hydrogens (tertiary/aromatic N) is 3. The summed E-state index contributed by atoms with van der Waals surface area (Å²) in [4.78, 5) is 27.0. The normalized spacial score (nSPS) is 10.9. The number of aromatic nitrogens is 4. The third-order valence-electron chi connectivity index (χ3n) is 3.86. The summed E-state index contributed by atoms with van der Waals surface area (Å²) in [6.07, 6.45) is 1.59. The molecule has 9 heteroatoms. The van der Waals surface area contributed by atoms with Gasteiger partial charge in [0.2, 0.25) is 5.89 Å². The third kappa shape index (κ3) is 4.43. The molecule has 0 bridgehead atoms. The van der Waals surface area contributed by atoms with E-state index in [0.717, 1.165) is 10.1 Å². The maximum atomic E-state index is 12.9. The second-order valence-electron chi connectivity index (χ2n) is 5.79. The van der Waals surface area contributed by atoms with Crippen LogP contribution in [0.3, 0.4) is 0 Å². The Morgan fingerprint density at radius 1 is 1.30 bits per heavy atom. The lowest BCUT2D eigenvalue weighted by Crippen LogP contribution is -2.37. The van der Waals surface area contributed by atoms with E-state index < -0.39 is 11.2 Å². The topological polar surface area (TPSA) is 93.8 Å². The lowest BCUT2D eigenvalue weighted by Gasteiger charge is -2.06. The van der Waals surface area contributed by atoms with Crippen molar-refractivity contribution in [3.05, 3.63) is 86.3 Å². The summed E-state index contributed by atoms with van der Waals surface area (Å²) in [5, 5.41) is 8.27. The fraction of sp³-hybridized carbons (Fsp3) is 0.222. The van der Waals surface area contributed by atoms with E-state index >= 15 is 0 Å². The third-order valence-corrected chi connectivity index (χ3v) is 4.75. The van der Waals surface area contributed by atoms with Gasteiger partial charge in [-0.25, -0.2) is 9.18 Å². The first-order valence-corrected chi connectivity index (χ1v) is 9.09. The van der Waals surface area contributed by atoms with Crippen molar-refractivity contribution >= 4 is 11.8 Å². The highest BCUT2D eigenvalue weighted by Gasteiger charge is 2.15. The summed E-state index contributed by atoms with van der Waals surface area (Å²) < 4.78 is 19.6. The second kappa shape index (κ2) is 8.17. The van der Waals surface area contributed by atoms with Crippen molar-refractivity contribution in [3.63, 3.8) is 0 Å².